The molecule has 4 N–H and O–H groups in total. The molecule has 2 aromatic carbocycles. The van der Waals surface area contributed by atoms with Crippen molar-refractivity contribution >= 4 is 49.4 Å². The Kier molecular flexibility index (Phi) is 11.3. The van der Waals surface area contributed by atoms with E-state index in [0.29, 0.717) is 44.8 Å². The van der Waals surface area contributed by atoms with E-state index in [2.05, 4.69) is 21.2 Å². The molecule has 2 heterocycles. The number of hydrogen-bond donors (Lipinski definition) is 3. The molecule has 2 aliphatic rings. The van der Waals surface area contributed by atoms with E-state index >= 15 is 0 Å². The van der Waals surface area contributed by atoms with Gasteiger partial charge in [-0.3, -0.25) is 13.9 Å². The van der Waals surface area contributed by atoms with Crippen LogP contribution in [0.2, 0.25) is 0 Å². The summed E-state index contributed by atoms with van der Waals surface area (Å²) in [7, 11) is -3.45. The zero-order valence-electron chi connectivity index (χ0n) is 24.9. The SMILES string of the molecule is CC(C)(N)C(=O)N[C@H](COCc1ccccc1)C(=O)N1CCC2(CC1)CN(S(C)(=O)=O)c1ccc(Br)cc12.O=C(O)C(F)(F)F. The predicted octanol–water partition coefficient (Wildman–Crippen LogP) is 3.16. The van der Waals surface area contributed by atoms with Gasteiger partial charge in [0.15, 0.2) is 0 Å². The molecule has 4 rings (SSSR count). The van der Waals surface area contributed by atoms with E-state index in [-0.39, 0.29) is 17.9 Å². The summed E-state index contributed by atoms with van der Waals surface area (Å²) in [6.45, 7) is 4.70. The Morgan fingerprint density at radius 1 is 1.11 bits per heavy atom. The fourth-order valence-electron chi connectivity index (χ4n) is 5.08. The van der Waals surface area contributed by atoms with Gasteiger partial charge in [0.25, 0.3) is 0 Å². The third-order valence-corrected chi connectivity index (χ3v) is 9.12. The molecule has 0 aromatic heterocycles. The van der Waals surface area contributed by atoms with Gasteiger partial charge in [0.2, 0.25) is 21.8 Å². The summed E-state index contributed by atoms with van der Waals surface area (Å²) in [6, 6.07) is 14.4. The highest BCUT2D eigenvalue weighted by Crippen LogP contribution is 2.48. The number of carbonyl (C=O) groups excluding carboxylic acids is 2. The van der Waals surface area contributed by atoms with Crippen LogP contribution < -0.4 is 15.4 Å². The van der Waals surface area contributed by atoms with E-state index in [4.69, 9.17) is 20.4 Å². The van der Waals surface area contributed by atoms with Crippen LogP contribution in [0.25, 0.3) is 0 Å². The molecular formula is C29H36BrF3N4O7S. The van der Waals surface area contributed by atoms with Gasteiger partial charge in [-0.05, 0) is 56.0 Å². The maximum atomic E-state index is 13.6. The van der Waals surface area contributed by atoms with Crippen LogP contribution in [0.4, 0.5) is 18.9 Å². The lowest BCUT2D eigenvalue weighted by Crippen LogP contribution is -2.59. The molecule has 0 bridgehead atoms. The first kappa shape index (κ1) is 36.3. The summed E-state index contributed by atoms with van der Waals surface area (Å²) in [6.07, 6.45) is -2.66. The van der Waals surface area contributed by atoms with Gasteiger partial charge in [-0.1, -0.05) is 46.3 Å². The second kappa shape index (κ2) is 14.1. The Morgan fingerprint density at radius 2 is 1.69 bits per heavy atom. The Labute approximate surface area is 268 Å². The number of nitrogens with one attached hydrogen (secondary N) is 1. The number of benzene rings is 2. The third-order valence-electron chi connectivity index (χ3n) is 7.50. The van der Waals surface area contributed by atoms with Gasteiger partial charge in [-0.25, -0.2) is 13.2 Å². The molecule has 0 unspecified atom stereocenters. The fourth-order valence-corrected chi connectivity index (χ4v) is 6.44. The number of halogens is 4. The average Bonchev–Trinajstić information content (AvgIpc) is 3.25. The van der Waals surface area contributed by atoms with Gasteiger partial charge < -0.3 is 25.8 Å². The molecular weight excluding hydrogens is 685 g/mol. The minimum atomic E-state index is -5.08. The van der Waals surface area contributed by atoms with Crippen LogP contribution in [0.5, 0.6) is 0 Å². The number of anilines is 1. The molecule has 1 spiro atoms. The number of aliphatic carboxylic acids is 1. The minimum Gasteiger partial charge on any atom is -0.475 e. The molecule has 0 aliphatic carbocycles. The molecule has 2 aliphatic heterocycles. The lowest BCUT2D eigenvalue weighted by Gasteiger charge is -2.41. The van der Waals surface area contributed by atoms with Gasteiger partial charge >= 0.3 is 12.1 Å². The number of alkyl halides is 3. The van der Waals surface area contributed by atoms with Crippen LogP contribution in [-0.4, -0.2) is 86.5 Å². The highest BCUT2D eigenvalue weighted by atomic mass is 79.9. The van der Waals surface area contributed by atoms with Gasteiger partial charge in [0.05, 0.1) is 30.7 Å². The summed E-state index contributed by atoms with van der Waals surface area (Å²) in [4.78, 5) is 36.9. The molecule has 11 nitrogen and oxygen atoms in total. The summed E-state index contributed by atoms with van der Waals surface area (Å²) in [5, 5.41) is 9.90. The van der Waals surface area contributed by atoms with Crippen molar-refractivity contribution in [1.82, 2.24) is 10.2 Å². The van der Waals surface area contributed by atoms with Crippen molar-refractivity contribution in [2.45, 2.75) is 56.5 Å². The Hall–Kier alpha value is -3.21. The van der Waals surface area contributed by atoms with Crippen molar-refractivity contribution in [2.24, 2.45) is 5.73 Å². The predicted molar refractivity (Wildman–Crippen MR) is 164 cm³/mol. The first-order valence-corrected chi connectivity index (χ1v) is 16.5. The fraction of sp³-hybridized carbons (Fsp3) is 0.483. The van der Waals surface area contributed by atoms with Crippen LogP contribution >= 0.6 is 15.9 Å². The van der Waals surface area contributed by atoms with Crippen molar-refractivity contribution in [3.8, 4) is 0 Å². The third kappa shape index (κ3) is 9.40. The van der Waals surface area contributed by atoms with E-state index in [1.165, 1.54) is 10.6 Å². The number of hydrogen-bond acceptors (Lipinski definition) is 7. The smallest absolute Gasteiger partial charge is 0.475 e. The quantitative estimate of drug-likeness (QED) is 0.375. The number of sulfonamides is 1. The lowest BCUT2D eigenvalue weighted by atomic mass is 9.74. The molecule has 1 saturated heterocycles. The maximum absolute atomic E-state index is 13.6. The average molecular weight is 722 g/mol. The number of amides is 2. The van der Waals surface area contributed by atoms with Gasteiger partial charge in [-0.2, -0.15) is 13.2 Å². The number of carboxylic acid groups (broad SMARTS) is 1. The number of carboxylic acids is 1. The number of rotatable bonds is 8. The monoisotopic (exact) mass is 720 g/mol. The molecule has 1 fully saturated rings. The van der Waals surface area contributed by atoms with Crippen LogP contribution in [0, 0.1) is 0 Å². The number of piperidine rings is 1. The second-order valence-corrected chi connectivity index (χ2v) is 14.4. The van der Waals surface area contributed by atoms with Crippen molar-refractivity contribution in [1.29, 1.82) is 0 Å². The molecule has 248 valence electrons. The molecule has 0 saturated carbocycles. The largest absolute Gasteiger partial charge is 0.490 e. The van der Waals surface area contributed by atoms with Crippen LogP contribution in [0.15, 0.2) is 53.0 Å². The summed E-state index contributed by atoms with van der Waals surface area (Å²) in [5.74, 6) is -3.43. The maximum Gasteiger partial charge on any atom is 0.490 e. The van der Waals surface area contributed by atoms with Gasteiger partial charge in [-0.15, -0.1) is 0 Å². The Bertz CT molecular complexity index is 1490. The van der Waals surface area contributed by atoms with E-state index in [0.717, 1.165) is 15.6 Å². The zero-order valence-corrected chi connectivity index (χ0v) is 27.3. The number of nitrogens with zero attached hydrogens (tertiary/aromatic N) is 2. The van der Waals surface area contributed by atoms with Crippen molar-refractivity contribution in [2.75, 3.05) is 36.8 Å². The number of likely N-dealkylation sites (tertiary alicyclic amines) is 1. The van der Waals surface area contributed by atoms with Crippen LogP contribution in [-0.2, 0) is 41.2 Å². The van der Waals surface area contributed by atoms with Gasteiger partial charge in [0, 0.05) is 29.5 Å². The zero-order chi connectivity index (χ0) is 33.8. The minimum absolute atomic E-state index is 0.00876. The van der Waals surface area contributed by atoms with Crippen LogP contribution in [0.1, 0.15) is 37.8 Å². The number of carbonyl (C=O) groups is 3. The molecule has 2 amide bonds. The summed E-state index contributed by atoms with van der Waals surface area (Å²) >= 11 is 3.52. The highest BCUT2D eigenvalue weighted by Gasteiger charge is 2.48. The van der Waals surface area contributed by atoms with Crippen molar-refractivity contribution in [3.05, 3.63) is 64.1 Å². The molecule has 1 atom stereocenters. The van der Waals surface area contributed by atoms with Crippen molar-refractivity contribution < 1.29 is 45.8 Å². The number of fused-ring (bicyclic) bond motifs is 2. The standard InChI is InChI=1S/C27H35BrN4O5S.C2HF3O2/c1-26(2,29)25(34)30-22(17-37-16-19-7-5-4-6-8-19)24(33)31-13-11-27(12-14-31)18-32(38(3,35)36)23-10-9-20(28)15-21(23)27;3-2(4,5)1(6)7/h4-10,15,22H,11-14,16-18,29H2,1-3H3,(H,30,34);(H,6,7)/t22-;/m1./s1. The van der Waals surface area contributed by atoms with E-state index in [1.807, 2.05) is 48.5 Å². The second-order valence-electron chi connectivity index (χ2n) is 11.6. The molecule has 0 radical (unpaired) electrons. The van der Waals surface area contributed by atoms with E-state index < -0.39 is 39.7 Å². The normalized spacial score (nSPS) is 16.8. The van der Waals surface area contributed by atoms with Gasteiger partial charge in [0.1, 0.15) is 6.04 Å². The number of nitrogens with two attached hydrogens (primary N) is 1. The summed E-state index contributed by atoms with van der Waals surface area (Å²) in [5.41, 5.74) is 7.07. The van der Waals surface area contributed by atoms with Crippen LogP contribution in [0.3, 0.4) is 0 Å². The van der Waals surface area contributed by atoms with E-state index in [9.17, 15) is 31.2 Å². The molecule has 45 heavy (non-hydrogen) atoms. The number of ether oxygens (including phenoxy) is 1. The topological polar surface area (TPSA) is 159 Å². The molecule has 2 aromatic rings. The van der Waals surface area contributed by atoms with Crippen molar-refractivity contribution in [3.63, 3.8) is 0 Å². The van der Waals surface area contributed by atoms with E-state index in [1.54, 1.807) is 18.7 Å². The highest BCUT2D eigenvalue weighted by molar-refractivity contribution is 9.10. The Morgan fingerprint density at radius 3 is 2.20 bits per heavy atom. The first-order valence-electron chi connectivity index (χ1n) is 13.8. The molecule has 16 heteroatoms. The lowest BCUT2D eigenvalue weighted by molar-refractivity contribution is -0.192. The summed E-state index contributed by atoms with van der Waals surface area (Å²) < 4.78 is 65.0. The Balaban J connectivity index is 0.000000707. The first-order chi connectivity index (χ1) is 20.7.